The zero-order valence-electron chi connectivity index (χ0n) is 9.11. The molecule has 0 radical (unpaired) electrons. The number of ether oxygens (including phenoxy) is 1. The van der Waals surface area contributed by atoms with Crippen molar-refractivity contribution in [1.29, 1.82) is 0 Å². The molecule has 3 heteroatoms. The van der Waals surface area contributed by atoms with E-state index in [2.05, 4.69) is 11.8 Å². The molecule has 2 saturated heterocycles. The van der Waals surface area contributed by atoms with Crippen LogP contribution in [0, 0.1) is 0 Å². The molecule has 0 bridgehead atoms. The van der Waals surface area contributed by atoms with Crippen LogP contribution in [0.4, 0.5) is 0 Å². The number of hydrogen-bond donors (Lipinski definition) is 1. The molecule has 0 spiro atoms. The van der Waals surface area contributed by atoms with Gasteiger partial charge in [-0.2, -0.15) is 0 Å². The zero-order valence-corrected chi connectivity index (χ0v) is 9.11. The van der Waals surface area contributed by atoms with E-state index < -0.39 is 0 Å². The molecule has 2 aliphatic heterocycles. The average Bonchev–Trinajstić information content (AvgIpc) is 2.76. The smallest absolute Gasteiger partial charge is 0.0706 e. The van der Waals surface area contributed by atoms with Gasteiger partial charge in [0.1, 0.15) is 0 Å². The first-order valence-electron chi connectivity index (χ1n) is 5.89. The highest BCUT2D eigenvalue weighted by Gasteiger charge is 2.29. The summed E-state index contributed by atoms with van der Waals surface area (Å²) in [5.41, 5.74) is 5.74. The Kier molecular flexibility index (Phi) is 3.42. The van der Waals surface area contributed by atoms with Gasteiger partial charge in [-0.15, -0.1) is 0 Å². The second kappa shape index (κ2) is 4.60. The first-order valence-corrected chi connectivity index (χ1v) is 5.89. The third-order valence-electron chi connectivity index (χ3n) is 3.53. The number of rotatable bonds is 3. The second-order valence-electron chi connectivity index (χ2n) is 4.67. The highest BCUT2D eigenvalue weighted by atomic mass is 16.5. The molecule has 82 valence electrons. The summed E-state index contributed by atoms with van der Waals surface area (Å²) in [6, 6.07) is 0.620. The predicted octanol–water partition coefficient (Wildman–Crippen LogP) is 0.977. The quantitative estimate of drug-likeness (QED) is 0.734. The topological polar surface area (TPSA) is 38.5 Å². The van der Waals surface area contributed by atoms with Gasteiger partial charge in [0.15, 0.2) is 0 Å². The van der Waals surface area contributed by atoms with Crippen LogP contribution in [0.15, 0.2) is 0 Å². The molecule has 0 aromatic heterocycles. The zero-order chi connectivity index (χ0) is 9.97. The average molecular weight is 198 g/mol. The summed E-state index contributed by atoms with van der Waals surface area (Å²) in [5, 5.41) is 0. The Bertz CT molecular complexity index is 186. The van der Waals surface area contributed by atoms with E-state index in [1.54, 1.807) is 0 Å². The van der Waals surface area contributed by atoms with Crippen molar-refractivity contribution in [3.8, 4) is 0 Å². The van der Waals surface area contributed by atoms with E-state index in [-0.39, 0.29) is 0 Å². The van der Waals surface area contributed by atoms with Crippen LogP contribution in [0.5, 0.6) is 0 Å². The summed E-state index contributed by atoms with van der Waals surface area (Å²) in [6.45, 7) is 5.30. The van der Waals surface area contributed by atoms with Crippen molar-refractivity contribution in [2.75, 3.05) is 19.6 Å². The molecule has 3 unspecified atom stereocenters. The lowest BCUT2D eigenvalue weighted by Gasteiger charge is -2.26. The largest absolute Gasteiger partial charge is 0.374 e. The third kappa shape index (κ3) is 2.27. The van der Waals surface area contributed by atoms with E-state index in [1.165, 1.54) is 32.2 Å². The van der Waals surface area contributed by atoms with E-state index in [0.29, 0.717) is 18.2 Å². The van der Waals surface area contributed by atoms with Gasteiger partial charge in [-0.3, -0.25) is 4.90 Å². The molecule has 3 nitrogen and oxygen atoms in total. The highest BCUT2D eigenvalue weighted by molar-refractivity contribution is 4.83. The van der Waals surface area contributed by atoms with Gasteiger partial charge in [-0.25, -0.2) is 0 Å². The molecule has 2 fully saturated rings. The van der Waals surface area contributed by atoms with Gasteiger partial charge in [0.05, 0.1) is 12.2 Å². The van der Waals surface area contributed by atoms with Crippen LogP contribution >= 0.6 is 0 Å². The highest BCUT2D eigenvalue weighted by Crippen LogP contribution is 2.23. The molecule has 0 aromatic carbocycles. The minimum Gasteiger partial charge on any atom is -0.374 e. The predicted molar refractivity (Wildman–Crippen MR) is 57.2 cm³/mol. The minimum atomic E-state index is 0.470. The van der Waals surface area contributed by atoms with Gasteiger partial charge in [0.2, 0.25) is 0 Å². The first kappa shape index (κ1) is 10.4. The molecular formula is C11H22N2O. The van der Waals surface area contributed by atoms with Crippen molar-refractivity contribution in [3.63, 3.8) is 0 Å². The van der Waals surface area contributed by atoms with Crippen LogP contribution in [0.1, 0.15) is 32.6 Å². The lowest BCUT2D eigenvalue weighted by molar-refractivity contribution is 0.0294. The Morgan fingerprint density at radius 2 is 2.21 bits per heavy atom. The summed E-state index contributed by atoms with van der Waals surface area (Å²) in [7, 11) is 0. The molecule has 0 aromatic rings. The molecule has 14 heavy (non-hydrogen) atoms. The molecular weight excluding hydrogens is 176 g/mol. The normalized spacial score (nSPS) is 39.4. The Labute approximate surface area is 86.6 Å². The first-order chi connectivity index (χ1) is 6.79. The lowest BCUT2D eigenvalue weighted by Crippen LogP contribution is -2.40. The van der Waals surface area contributed by atoms with Crippen molar-refractivity contribution in [1.82, 2.24) is 4.90 Å². The SMILES string of the molecule is CC1CCC(CN2CCCC2CN)O1. The van der Waals surface area contributed by atoms with Crippen LogP contribution in [-0.2, 0) is 4.74 Å². The monoisotopic (exact) mass is 198 g/mol. The molecule has 3 atom stereocenters. The van der Waals surface area contributed by atoms with Crippen molar-refractivity contribution in [2.45, 2.75) is 50.9 Å². The summed E-state index contributed by atoms with van der Waals surface area (Å²) in [5.74, 6) is 0. The number of nitrogens with two attached hydrogens (primary N) is 1. The van der Waals surface area contributed by atoms with Crippen LogP contribution in [-0.4, -0.2) is 42.8 Å². The third-order valence-corrected chi connectivity index (χ3v) is 3.53. The molecule has 0 amide bonds. The van der Waals surface area contributed by atoms with E-state index in [1.807, 2.05) is 0 Å². The summed E-state index contributed by atoms with van der Waals surface area (Å²) in [6.07, 6.45) is 5.99. The lowest BCUT2D eigenvalue weighted by atomic mass is 10.2. The maximum absolute atomic E-state index is 5.83. The Morgan fingerprint density at radius 3 is 2.86 bits per heavy atom. The van der Waals surface area contributed by atoms with Crippen LogP contribution in [0.2, 0.25) is 0 Å². The van der Waals surface area contributed by atoms with E-state index in [0.717, 1.165) is 13.1 Å². The molecule has 2 rings (SSSR count). The number of likely N-dealkylation sites (tertiary alicyclic amines) is 1. The van der Waals surface area contributed by atoms with Gasteiger partial charge < -0.3 is 10.5 Å². The molecule has 2 aliphatic rings. The fourth-order valence-electron chi connectivity index (χ4n) is 2.68. The fraction of sp³-hybridized carbons (Fsp3) is 1.00. The maximum atomic E-state index is 5.83. The van der Waals surface area contributed by atoms with Crippen molar-refractivity contribution in [3.05, 3.63) is 0 Å². The second-order valence-corrected chi connectivity index (χ2v) is 4.67. The van der Waals surface area contributed by atoms with Gasteiger partial charge >= 0.3 is 0 Å². The Hall–Kier alpha value is -0.120. The fourth-order valence-corrected chi connectivity index (χ4v) is 2.68. The van der Waals surface area contributed by atoms with Gasteiger partial charge in [0.25, 0.3) is 0 Å². The molecule has 0 aliphatic carbocycles. The van der Waals surface area contributed by atoms with Crippen molar-refractivity contribution >= 4 is 0 Å². The van der Waals surface area contributed by atoms with Gasteiger partial charge in [-0.1, -0.05) is 0 Å². The van der Waals surface area contributed by atoms with Crippen molar-refractivity contribution in [2.24, 2.45) is 5.73 Å². The van der Waals surface area contributed by atoms with E-state index >= 15 is 0 Å². The van der Waals surface area contributed by atoms with Crippen LogP contribution in [0.3, 0.4) is 0 Å². The summed E-state index contributed by atoms with van der Waals surface area (Å²) < 4.78 is 5.83. The maximum Gasteiger partial charge on any atom is 0.0706 e. The van der Waals surface area contributed by atoms with E-state index in [9.17, 15) is 0 Å². The standard InChI is InChI=1S/C11H22N2O/c1-9-4-5-11(14-9)8-13-6-2-3-10(13)7-12/h9-11H,2-8,12H2,1H3. The minimum absolute atomic E-state index is 0.470. The molecule has 2 N–H and O–H groups in total. The van der Waals surface area contributed by atoms with Crippen LogP contribution < -0.4 is 5.73 Å². The van der Waals surface area contributed by atoms with E-state index in [4.69, 9.17) is 10.5 Å². The summed E-state index contributed by atoms with van der Waals surface area (Å²) in [4.78, 5) is 2.52. The molecule has 2 heterocycles. The van der Waals surface area contributed by atoms with Gasteiger partial charge in [0, 0.05) is 19.1 Å². The Morgan fingerprint density at radius 1 is 1.36 bits per heavy atom. The molecule has 0 saturated carbocycles. The van der Waals surface area contributed by atoms with Crippen LogP contribution in [0.25, 0.3) is 0 Å². The number of hydrogen-bond acceptors (Lipinski definition) is 3. The van der Waals surface area contributed by atoms with Crippen molar-refractivity contribution < 1.29 is 4.74 Å². The number of nitrogens with zero attached hydrogens (tertiary/aromatic N) is 1. The Balaban J connectivity index is 1.79. The summed E-state index contributed by atoms with van der Waals surface area (Å²) >= 11 is 0. The van der Waals surface area contributed by atoms with Gasteiger partial charge in [-0.05, 0) is 39.2 Å².